The molecule has 1 aliphatic heterocycles. The Hall–Kier alpha value is -2.83. The maximum atomic E-state index is 13.7. The summed E-state index contributed by atoms with van der Waals surface area (Å²) in [5.41, 5.74) is 0.639. The molecule has 0 radical (unpaired) electrons. The number of hydrogen-bond donors (Lipinski definition) is 1. The number of rotatable bonds is 4. The van der Waals surface area contributed by atoms with E-state index in [-0.39, 0.29) is 0 Å². The number of carbonyl (C=O) groups excluding carboxylic acids is 1. The first-order chi connectivity index (χ1) is 12.6. The van der Waals surface area contributed by atoms with Gasteiger partial charge in [0.1, 0.15) is 23.1 Å². The first kappa shape index (κ1) is 18.0. The smallest absolute Gasteiger partial charge is 0.322 e. The van der Waals surface area contributed by atoms with E-state index in [4.69, 9.17) is 4.74 Å². The van der Waals surface area contributed by atoms with Crippen molar-refractivity contribution in [1.29, 1.82) is 0 Å². The Labute approximate surface area is 151 Å². The van der Waals surface area contributed by atoms with Gasteiger partial charge in [-0.05, 0) is 43.3 Å². The Kier molecular flexibility index (Phi) is 5.55. The summed E-state index contributed by atoms with van der Waals surface area (Å²) in [6.45, 7) is 4.77. The second kappa shape index (κ2) is 8.03. The SMILES string of the molecule is CCOc1ccc(N2CCN(C(=O)Nc3c(F)cccc3F)CC2)cc1. The summed E-state index contributed by atoms with van der Waals surface area (Å²) < 4.78 is 32.7. The summed E-state index contributed by atoms with van der Waals surface area (Å²) in [5.74, 6) is -0.751. The fourth-order valence-corrected chi connectivity index (χ4v) is 2.89. The Morgan fingerprint density at radius 3 is 2.23 bits per heavy atom. The largest absolute Gasteiger partial charge is 0.494 e. The molecule has 0 aliphatic carbocycles. The van der Waals surface area contributed by atoms with Gasteiger partial charge in [0.05, 0.1) is 6.61 Å². The molecule has 1 heterocycles. The van der Waals surface area contributed by atoms with Crippen molar-refractivity contribution in [2.24, 2.45) is 0 Å². The first-order valence-electron chi connectivity index (χ1n) is 8.56. The number of amides is 2. The predicted octanol–water partition coefficient (Wildman–Crippen LogP) is 3.72. The van der Waals surface area contributed by atoms with Crippen LogP contribution in [0.2, 0.25) is 0 Å². The summed E-state index contributed by atoms with van der Waals surface area (Å²) in [6.07, 6.45) is 0. The Morgan fingerprint density at radius 1 is 1.04 bits per heavy atom. The monoisotopic (exact) mass is 361 g/mol. The minimum atomic E-state index is -0.786. The van der Waals surface area contributed by atoms with E-state index in [1.54, 1.807) is 4.90 Å². The first-order valence-corrected chi connectivity index (χ1v) is 8.56. The van der Waals surface area contributed by atoms with E-state index in [1.807, 2.05) is 31.2 Å². The second-order valence-corrected chi connectivity index (χ2v) is 5.93. The van der Waals surface area contributed by atoms with Gasteiger partial charge in [0.25, 0.3) is 0 Å². The van der Waals surface area contributed by atoms with Crippen LogP contribution in [0, 0.1) is 11.6 Å². The molecular weight excluding hydrogens is 340 g/mol. The molecule has 138 valence electrons. The zero-order chi connectivity index (χ0) is 18.5. The van der Waals surface area contributed by atoms with Gasteiger partial charge in [-0.3, -0.25) is 0 Å². The van der Waals surface area contributed by atoms with Crippen molar-refractivity contribution in [3.05, 3.63) is 54.1 Å². The zero-order valence-electron chi connectivity index (χ0n) is 14.5. The lowest BCUT2D eigenvalue weighted by Crippen LogP contribution is -2.50. The van der Waals surface area contributed by atoms with Gasteiger partial charge in [0, 0.05) is 31.9 Å². The molecular formula is C19H21F2N3O2. The third kappa shape index (κ3) is 4.04. The van der Waals surface area contributed by atoms with Crippen molar-refractivity contribution in [3.8, 4) is 5.75 Å². The minimum absolute atomic E-state index is 0.411. The van der Waals surface area contributed by atoms with E-state index in [0.717, 1.165) is 23.6 Å². The van der Waals surface area contributed by atoms with Crippen molar-refractivity contribution in [2.75, 3.05) is 43.0 Å². The molecule has 0 unspecified atom stereocenters. The molecule has 1 aliphatic rings. The van der Waals surface area contributed by atoms with Gasteiger partial charge in [0.2, 0.25) is 0 Å². The van der Waals surface area contributed by atoms with E-state index in [1.165, 1.54) is 6.07 Å². The molecule has 0 aromatic heterocycles. The molecule has 0 bridgehead atoms. The van der Waals surface area contributed by atoms with Crippen molar-refractivity contribution in [1.82, 2.24) is 4.90 Å². The van der Waals surface area contributed by atoms with Gasteiger partial charge in [0.15, 0.2) is 0 Å². The number of hydrogen-bond acceptors (Lipinski definition) is 3. The molecule has 26 heavy (non-hydrogen) atoms. The van der Waals surface area contributed by atoms with Crippen LogP contribution in [-0.2, 0) is 0 Å². The zero-order valence-corrected chi connectivity index (χ0v) is 14.5. The van der Waals surface area contributed by atoms with Crippen LogP contribution in [0.5, 0.6) is 5.75 Å². The van der Waals surface area contributed by atoms with Crippen molar-refractivity contribution < 1.29 is 18.3 Å². The molecule has 7 heteroatoms. The van der Waals surface area contributed by atoms with Crippen LogP contribution in [0.15, 0.2) is 42.5 Å². The molecule has 0 atom stereocenters. The van der Waals surface area contributed by atoms with Gasteiger partial charge >= 0.3 is 6.03 Å². The molecule has 1 fully saturated rings. The van der Waals surface area contributed by atoms with Gasteiger partial charge in [-0.1, -0.05) is 6.07 Å². The molecule has 1 saturated heterocycles. The van der Waals surface area contributed by atoms with Gasteiger partial charge < -0.3 is 19.9 Å². The standard InChI is InChI=1S/C19H21F2N3O2/c1-2-26-15-8-6-14(7-9-15)23-10-12-24(13-11-23)19(25)22-18-16(20)4-3-5-17(18)21/h3-9H,2,10-13H2,1H3,(H,22,25). The highest BCUT2D eigenvalue weighted by Gasteiger charge is 2.23. The van der Waals surface area contributed by atoms with E-state index < -0.39 is 23.4 Å². The van der Waals surface area contributed by atoms with E-state index in [9.17, 15) is 13.6 Å². The molecule has 2 amide bonds. The third-order valence-electron chi connectivity index (χ3n) is 4.27. The van der Waals surface area contributed by atoms with Crippen molar-refractivity contribution >= 4 is 17.4 Å². The molecule has 5 nitrogen and oxygen atoms in total. The molecule has 2 aromatic rings. The number of urea groups is 1. The lowest BCUT2D eigenvalue weighted by molar-refractivity contribution is 0.208. The molecule has 0 spiro atoms. The summed E-state index contributed by atoms with van der Waals surface area (Å²) in [4.78, 5) is 16.0. The molecule has 2 aromatic carbocycles. The van der Waals surface area contributed by atoms with E-state index in [2.05, 4.69) is 10.2 Å². The molecule has 0 saturated carbocycles. The number of nitrogens with zero attached hydrogens (tertiary/aromatic N) is 2. The lowest BCUT2D eigenvalue weighted by Gasteiger charge is -2.36. The van der Waals surface area contributed by atoms with Crippen LogP contribution < -0.4 is 15.0 Å². The number of anilines is 2. The second-order valence-electron chi connectivity index (χ2n) is 5.93. The maximum absolute atomic E-state index is 13.7. The van der Waals surface area contributed by atoms with Crippen LogP contribution in [0.1, 0.15) is 6.92 Å². The van der Waals surface area contributed by atoms with Crippen molar-refractivity contribution in [3.63, 3.8) is 0 Å². The number of para-hydroxylation sites is 1. The normalized spacial score (nSPS) is 14.3. The average molecular weight is 361 g/mol. The number of halogens is 2. The Bertz CT molecular complexity index is 740. The highest BCUT2D eigenvalue weighted by Crippen LogP contribution is 2.22. The topological polar surface area (TPSA) is 44.8 Å². The average Bonchev–Trinajstić information content (AvgIpc) is 2.66. The van der Waals surface area contributed by atoms with Gasteiger partial charge in [-0.15, -0.1) is 0 Å². The number of carbonyl (C=O) groups is 1. The summed E-state index contributed by atoms with van der Waals surface area (Å²) in [5, 5.41) is 2.33. The van der Waals surface area contributed by atoms with Crippen LogP contribution in [-0.4, -0.2) is 43.7 Å². The van der Waals surface area contributed by atoms with Crippen LogP contribution >= 0.6 is 0 Å². The fraction of sp³-hybridized carbons (Fsp3) is 0.316. The molecule has 1 N–H and O–H groups in total. The van der Waals surface area contributed by atoms with Gasteiger partial charge in [-0.25, -0.2) is 13.6 Å². The quantitative estimate of drug-likeness (QED) is 0.903. The van der Waals surface area contributed by atoms with Gasteiger partial charge in [-0.2, -0.15) is 0 Å². The van der Waals surface area contributed by atoms with E-state index in [0.29, 0.717) is 32.8 Å². The fourth-order valence-electron chi connectivity index (χ4n) is 2.89. The number of benzene rings is 2. The summed E-state index contributed by atoms with van der Waals surface area (Å²) in [7, 11) is 0. The van der Waals surface area contributed by atoms with Crippen molar-refractivity contribution in [2.45, 2.75) is 6.92 Å². The minimum Gasteiger partial charge on any atom is -0.494 e. The van der Waals surface area contributed by atoms with Crippen LogP contribution in [0.3, 0.4) is 0 Å². The highest BCUT2D eigenvalue weighted by molar-refractivity contribution is 5.89. The summed E-state index contributed by atoms with van der Waals surface area (Å²) >= 11 is 0. The lowest BCUT2D eigenvalue weighted by atomic mass is 10.2. The predicted molar refractivity (Wildman–Crippen MR) is 96.8 cm³/mol. The third-order valence-corrected chi connectivity index (χ3v) is 4.27. The number of nitrogens with one attached hydrogen (secondary N) is 1. The Morgan fingerprint density at radius 2 is 1.65 bits per heavy atom. The van der Waals surface area contributed by atoms with E-state index >= 15 is 0 Å². The molecule has 3 rings (SSSR count). The van der Waals surface area contributed by atoms with Crippen LogP contribution in [0.25, 0.3) is 0 Å². The Balaban J connectivity index is 1.57. The number of piperazine rings is 1. The van der Waals surface area contributed by atoms with Crippen LogP contribution in [0.4, 0.5) is 25.0 Å². The highest BCUT2D eigenvalue weighted by atomic mass is 19.1. The summed E-state index contributed by atoms with van der Waals surface area (Å²) in [6, 6.07) is 10.8. The maximum Gasteiger partial charge on any atom is 0.322 e. The number of ether oxygens (including phenoxy) is 1.